The van der Waals surface area contributed by atoms with Crippen LogP contribution in [0.5, 0.6) is 0 Å². The molecule has 0 radical (unpaired) electrons. The topological polar surface area (TPSA) is 64.4 Å². The van der Waals surface area contributed by atoms with E-state index in [4.69, 9.17) is 5.26 Å². The molecule has 2 aliphatic heterocycles. The fourth-order valence-electron chi connectivity index (χ4n) is 3.74. The van der Waals surface area contributed by atoms with E-state index in [2.05, 4.69) is 11.0 Å². The van der Waals surface area contributed by atoms with Crippen molar-refractivity contribution in [3.8, 4) is 6.07 Å². The van der Waals surface area contributed by atoms with Gasteiger partial charge in [-0.3, -0.25) is 9.59 Å². The number of amides is 1. The smallest absolute Gasteiger partial charge is 0.231 e. The number of benzene rings is 1. The fraction of sp³-hybridized carbons (Fsp3) is 0.526. The summed E-state index contributed by atoms with van der Waals surface area (Å²) < 4.78 is 0. The van der Waals surface area contributed by atoms with Crippen LogP contribution in [0.15, 0.2) is 18.2 Å². The van der Waals surface area contributed by atoms with E-state index >= 15 is 0 Å². The molecule has 5 nitrogen and oxygen atoms in total. The van der Waals surface area contributed by atoms with Gasteiger partial charge in [0.05, 0.1) is 12.0 Å². The lowest BCUT2D eigenvalue weighted by atomic mass is 9.96. The highest BCUT2D eigenvalue weighted by molar-refractivity contribution is 5.99. The molecule has 2 aliphatic rings. The summed E-state index contributed by atoms with van der Waals surface area (Å²) in [5.41, 5.74) is 2.76. The predicted molar refractivity (Wildman–Crippen MR) is 91.9 cm³/mol. The molecule has 0 saturated carbocycles. The molecule has 1 fully saturated rings. The van der Waals surface area contributed by atoms with E-state index in [1.165, 1.54) is 0 Å². The van der Waals surface area contributed by atoms with E-state index in [-0.39, 0.29) is 17.6 Å². The molecule has 5 heteroatoms. The molecule has 24 heavy (non-hydrogen) atoms. The van der Waals surface area contributed by atoms with E-state index in [0.717, 1.165) is 50.1 Å². The van der Waals surface area contributed by atoms with Crippen LogP contribution in [0.4, 0.5) is 5.69 Å². The minimum Gasteiger partial charge on any atom is -0.312 e. The lowest BCUT2D eigenvalue weighted by Gasteiger charge is -2.33. The number of hydrogen-bond donors (Lipinski definition) is 0. The molecule has 0 aliphatic carbocycles. The zero-order valence-corrected chi connectivity index (χ0v) is 14.1. The number of carbonyl (C=O) groups is 2. The maximum absolute atomic E-state index is 13.0. The summed E-state index contributed by atoms with van der Waals surface area (Å²) in [5.74, 6) is 0.254. The Morgan fingerprint density at radius 2 is 2.17 bits per heavy atom. The molecule has 126 valence electrons. The Balaban J connectivity index is 1.71. The van der Waals surface area contributed by atoms with Crippen LogP contribution in [0.2, 0.25) is 0 Å². The summed E-state index contributed by atoms with van der Waals surface area (Å²) in [6.07, 6.45) is 3.25. The average Bonchev–Trinajstić information content (AvgIpc) is 3.02. The molecule has 1 aromatic rings. The monoisotopic (exact) mass is 325 g/mol. The van der Waals surface area contributed by atoms with Gasteiger partial charge in [-0.2, -0.15) is 5.26 Å². The fourth-order valence-corrected chi connectivity index (χ4v) is 3.74. The van der Waals surface area contributed by atoms with E-state index in [1.807, 2.05) is 23.1 Å². The van der Waals surface area contributed by atoms with Crippen molar-refractivity contribution in [2.24, 2.45) is 5.92 Å². The van der Waals surface area contributed by atoms with Crippen LogP contribution >= 0.6 is 0 Å². The molecule has 3 rings (SSSR count). The van der Waals surface area contributed by atoms with Crippen molar-refractivity contribution in [1.29, 1.82) is 5.26 Å². The molecule has 2 heterocycles. The van der Waals surface area contributed by atoms with Crippen LogP contribution in [-0.4, -0.2) is 42.8 Å². The van der Waals surface area contributed by atoms with Crippen molar-refractivity contribution < 1.29 is 9.59 Å². The second-order valence-electron chi connectivity index (χ2n) is 6.69. The molecule has 0 spiro atoms. The number of piperidine rings is 1. The third-order valence-corrected chi connectivity index (χ3v) is 5.04. The summed E-state index contributed by atoms with van der Waals surface area (Å²) in [5, 5.41) is 8.74. The average molecular weight is 325 g/mol. The molecule has 0 N–H and O–H groups in total. The highest BCUT2D eigenvalue weighted by atomic mass is 16.2. The number of rotatable bonds is 4. The number of likely N-dealkylation sites (tertiary alicyclic amines) is 1. The van der Waals surface area contributed by atoms with Crippen LogP contribution in [0, 0.1) is 17.2 Å². The van der Waals surface area contributed by atoms with Gasteiger partial charge in [-0.1, -0.05) is 0 Å². The summed E-state index contributed by atoms with van der Waals surface area (Å²) in [7, 11) is 0. The van der Waals surface area contributed by atoms with Crippen molar-refractivity contribution in [2.75, 3.05) is 31.1 Å². The summed E-state index contributed by atoms with van der Waals surface area (Å²) >= 11 is 0. The van der Waals surface area contributed by atoms with E-state index in [9.17, 15) is 9.59 Å². The van der Waals surface area contributed by atoms with Crippen molar-refractivity contribution >= 4 is 17.4 Å². The third kappa shape index (κ3) is 3.34. The Kier molecular flexibility index (Phi) is 4.96. The molecular weight excluding hydrogens is 302 g/mol. The first-order valence-corrected chi connectivity index (χ1v) is 8.64. The van der Waals surface area contributed by atoms with Crippen LogP contribution in [0.1, 0.15) is 42.1 Å². The van der Waals surface area contributed by atoms with E-state index in [1.54, 1.807) is 6.92 Å². The van der Waals surface area contributed by atoms with Crippen molar-refractivity contribution in [3.63, 3.8) is 0 Å². The maximum atomic E-state index is 13.0. The van der Waals surface area contributed by atoms with E-state index in [0.29, 0.717) is 18.5 Å². The third-order valence-electron chi connectivity index (χ3n) is 5.04. The number of nitriles is 1. The quantitative estimate of drug-likeness (QED) is 0.798. The molecule has 0 bridgehead atoms. The van der Waals surface area contributed by atoms with Gasteiger partial charge in [-0.05, 0) is 56.5 Å². The number of ketones is 1. The van der Waals surface area contributed by atoms with Gasteiger partial charge in [0, 0.05) is 37.3 Å². The minimum atomic E-state index is 0.0101. The molecule has 1 saturated heterocycles. The molecular formula is C19H23N3O2. The predicted octanol–water partition coefficient (Wildman–Crippen LogP) is 2.40. The highest BCUT2D eigenvalue weighted by Gasteiger charge is 2.33. The van der Waals surface area contributed by atoms with Gasteiger partial charge in [0.15, 0.2) is 5.78 Å². The summed E-state index contributed by atoms with van der Waals surface area (Å²) in [4.78, 5) is 28.6. The molecule has 1 amide bonds. The number of anilines is 1. The van der Waals surface area contributed by atoms with Gasteiger partial charge in [0.25, 0.3) is 0 Å². The zero-order valence-electron chi connectivity index (χ0n) is 14.1. The van der Waals surface area contributed by atoms with Gasteiger partial charge < -0.3 is 9.80 Å². The van der Waals surface area contributed by atoms with Crippen LogP contribution in [-0.2, 0) is 11.2 Å². The van der Waals surface area contributed by atoms with Crippen LogP contribution < -0.4 is 4.90 Å². The van der Waals surface area contributed by atoms with Gasteiger partial charge in [-0.25, -0.2) is 0 Å². The number of nitrogens with zero attached hydrogens (tertiary/aromatic N) is 3. The maximum Gasteiger partial charge on any atom is 0.231 e. The normalized spacial score (nSPS) is 20.5. The van der Waals surface area contributed by atoms with Gasteiger partial charge in [0.2, 0.25) is 5.91 Å². The first-order chi connectivity index (χ1) is 11.6. The Hall–Kier alpha value is -2.19. The van der Waals surface area contributed by atoms with Crippen molar-refractivity contribution in [1.82, 2.24) is 4.90 Å². The summed E-state index contributed by atoms with van der Waals surface area (Å²) in [6, 6.07) is 7.82. The Labute approximate surface area is 142 Å². The minimum absolute atomic E-state index is 0.0101. The van der Waals surface area contributed by atoms with Gasteiger partial charge >= 0.3 is 0 Å². The molecule has 1 aromatic carbocycles. The Morgan fingerprint density at radius 1 is 1.33 bits per heavy atom. The Morgan fingerprint density at radius 3 is 2.92 bits per heavy atom. The van der Waals surface area contributed by atoms with E-state index < -0.39 is 0 Å². The number of carbonyl (C=O) groups excluding carboxylic acids is 2. The largest absolute Gasteiger partial charge is 0.312 e. The first-order valence-electron chi connectivity index (χ1n) is 8.64. The lowest BCUT2D eigenvalue weighted by molar-refractivity contribution is -0.123. The Bertz CT molecular complexity index is 692. The van der Waals surface area contributed by atoms with Crippen LogP contribution in [0.3, 0.4) is 0 Å². The summed E-state index contributed by atoms with van der Waals surface area (Å²) in [6.45, 7) is 4.74. The lowest BCUT2D eigenvalue weighted by Crippen LogP contribution is -2.44. The first kappa shape index (κ1) is 16.7. The molecule has 1 unspecified atom stereocenters. The second-order valence-corrected chi connectivity index (χ2v) is 6.69. The van der Waals surface area contributed by atoms with Gasteiger partial charge in [-0.15, -0.1) is 0 Å². The highest BCUT2D eigenvalue weighted by Crippen LogP contribution is 2.31. The SMILES string of the molecule is CC(=O)c1ccc2c(c1)CCN2C(=O)C1CCCN(CCC#N)C1. The standard InChI is InChI=1S/C19H23N3O2/c1-14(23)15-5-6-18-16(12-15)7-11-22(18)19(24)17-4-2-9-21(13-17)10-3-8-20/h5-6,12,17H,2-4,7,9-11,13H2,1H3. The van der Waals surface area contributed by atoms with Crippen LogP contribution in [0.25, 0.3) is 0 Å². The zero-order chi connectivity index (χ0) is 17.1. The number of hydrogen-bond acceptors (Lipinski definition) is 4. The van der Waals surface area contributed by atoms with Gasteiger partial charge in [0.1, 0.15) is 0 Å². The van der Waals surface area contributed by atoms with Crippen molar-refractivity contribution in [3.05, 3.63) is 29.3 Å². The number of Topliss-reactive ketones (excluding diaryl/α,β-unsaturated/α-hetero) is 1. The number of fused-ring (bicyclic) bond motifs is 1. The molecule has 1 atom stereocenters. The second kappa shape index (κ2) is 7.14. The van der Waals surface area contributed by atoms with Crippen molar-refractivity contribution in [2.45, 2.75) is 32.6 Å². The molecule has 0 aromatic heterocycles.